The third-order valence-electron chi connectivity index (χ3n) is 3.13. The molecular formula is C15H15NO3S2. The minimum absolute atomic E-state index is 0.108. The van der Waals surface area contributed by atoms with Crippen molar-refractivity contribution in [1.29, 1.82) is 0 Å². The smallest absolute Gasteiger partial charge is 0.305 e. The monoisotopic (exact) mass is 321 g/mol. The Kier molecular flexibility index (Phi) is 4.80. The van der Waals surface area contributed by atoms with Gasteiger partial charge in [0.2, 0.25) is 0 Å². The van der Waals surface area contributed by atoms with Crippen LogP contribution in [-0.4, -0.2) is 32.7 Å². The highest BCUT2D eigenvalue weighted by Crippen LogP contribution is 2.33. The molecule has 0 aliphatic carbocycles. The summed E-state index contributed by atoms with van der Waals surface area (Å²) in [5, 5.41) is 8.71. The standard InChI is InChI=1S/C15H15NO3S2/c1-9-3-4-11(10(2)7-9)8-12-14(19)16(15(20)21-12)6-5-13(17)18/h3-4,7-8H,5-6H2,1-2H3,(H,17,18). The molecule has 0 unspecified atom stereocenters. The number of carbonyl (C=O) groups is 2. The third-order valence-corrected chi connectivity index (χ3v) is 4.51. The van der Waals surface area contributed by atoms with Crippen molar-refractivity contribution in [3.63, 3.8) is 0 Å². The van der Waals surface area contributed by atoms with Gasteiger partial charge in [-0.1, -0.05) is 47.7 Å². The van der Waals surface area contributed by atoms with Crippen molar-refractivity contribution < 1.29 is 14.7 Å². The van der Waals surface area contributed by atoms with Crippen molar-refractivity contribution >= 4 is 46.3 Å². The first kappa shape index (κ1) is 15.7. The fourth-order valence-corrected chi connectivity index (χ4v) is 3.33. The van der Waals surface area contributed by atoms with E-state index in [0.29, 0.717) is 9.23 Å². The predicted octanol–water partition coefficient (Wildman–Crippen LogP) is 2.98. The fourth-order valence-electron chi connectivity index (χ4n) is 2.03. The van der Waals surface area contributed by atoms with E-state index in [0.717, 1.165) is 11.1 Å². The molecule has 110 valence electrons. The maximum absolute atomic E-state index is 12.3. The molecule has 6 heteroatoms. The molecule has 0 bridgehead atoms. The Morgan fingerprint density at radius 2 is 2.14 bits per heavy atom. The van der Waals surface area contributed by atoms with Gasteiger partial charge in [0.1, 0.15) is 4.32 Å². The van der Waals surface area contributed by atoms with E-state index in [4.69, 9.17) is 17.3 Å². The summed E-state index contributed by atoms with van der Waals surface area (Å²) in [6.45, 7) is 4.12. The highest BCUT2D eigenvalue weighted by Gasteiger charge is 2.32. The van der Waals surface area contributed by atoms with E-state index in [2.05, 4.69) is 6.07 Å². The Morgan fingerprint density at radius 1 is 1.43 bits per heavy atom. The van der Waals surface area contributed by atoms with Crippen LogP contribution in [0.25, 0.3) is 6.08 Å². The Morgan fingerprint density at radius 3 is 2.76 bits per heavy atom. The number of benzene rings is 1. The van der Waals surface area contributed by atoms with E-state index < -0.39 is 5.97 Å². The lowest BCUT2D eigenvalue weighted by molar-refractivity contribution is -0.137. The molecule has 1 saturated heterocycles. The Balaban J connectivity index is 2.21. The van der Waals surface area contributed by atoms with Crippen LogP contribution in [-0.2, 0) is 9.59 Å². The molecule has 4 nitrogen and oxygen atoms in total. The molecule has 2 rings (SSSR count). The highest BCUT2D eigenvalue weighted by molar-refractivity contribution is 8.26. The largest absolute Gasteiger partial charge is 0.481 e. The number of thiocarbonyl (C=S) groups is 1. The molecular weight excluding hydrogens is 306 g/mol. The molecule has 0 spiro atoms. The second-order valence-corrected chi connectivity index (χ2v) is 6.51. The number of hydrogen-bond acceptors (Lipinski definition) is 4. The van der Waals surface area contributed by atoms with Crippen molar-refractivity contribution in [2.75, 3.05) is 6.54 Å². The van der Waals surface area contributed by atoms with Gasteiger partial charge in [-0.15, -0.1) is 0 Å². The second-order valence-electron chi connectivity index (χ2n) is 4.84. The number of rotatable bonds is 4. The summed E-state index contributed by atoms with van der Waals surface area (Å²) < 4.78 is 0.414. The summed E-state index contributed by atoms with van der Waals surface area (Å²) in [5.74, 6) is -1.16. The maximum atomic E-state index is 12.3. The van der Waals surface area contributed by atoms with Crippen LogP contribution in [0, 0.1) is 13.8 Å². The molecule has 0 saturated carbocycles. The topological polar surface area (TPSA) is 57.6 Å². The number of nitrogens with zero attached hydrogens (tertiary/aromatic N) is 1. The average Bonchev–Trinajstić information content (AvgIpc) is 2.65. The van der Waals surface area contributed by atoms with E-state index in [-0.39, 0.29) is 18.9 Å². The van der Waals surface area contributed by atoms with Gasteiger partial charge in [-0.05, 0) is 31.1 Å². The number of carboxylic acids is 1. The lowest BCUT2D eigenvalue weighted by Crippen LogP contribution is -2.30. The number of thioether (sulfide) groups is 1. The van der Waals surface area contributed by atoms with E-state index in [1.165, 1.54) is 22.2 Å². The SMILES string of the molecule is Cc1ccc(C=C2SC(=S)N(CCC(=O)O)C2=O)c(C)c1. The van der Waals surface area contributed by atoms with Crippen molar-refractivity contribution in [2.45, 2.75) is 20.3 Å². The van der Waals surface area contributed by atoms with Gasteiger partial charge in [0.15, 0.2) is 0 Å². The molecule has 0 aromatic heterocycles. The molecule has 0 radical (unpaired) electrons. The zero-order chi connectivity index (χ0) is 15.6. The fraction of sp³-hybridized carbons (Fsp3) is 0.267. The second kappa shape index (κ2) is 6.41. The van der Waals surface area contributed by atoms with E-state index in [9.17, 15) is 9.59 Å². The molecule has 1 aliphatic rings. The molecule has 1 fully saturated rings. The van der Waals surface area contributed by atoms with Gasteiger partial charge in [-0.25, -0.2) is 0 Å². The highest BCUT2D eigenvalue weighted by atomic mass is 32.2. The predicted molar refractivity (Wildman–Crippen MR) is 88.0 cm³/mol. The van der Waals surface area contributed by atoms with Crippen LogP contribution in [0.5, 0.6) is 0 Å². The molecule has 21 heavy (non-hydrogen) atoms. The van der Waals surface area contributed by atoms with Gasteiger partial charge in [0.25, 0.3) is 5.91 Å². The summed E-state index contributed by atoms with van der Waals surface area (Å²) in [5.41, 5.74) is 3.23. The number of aryl methyl sites for hydroxylation is 2. The zero-order valence-electron chi connectivity index (χ0n) is 11.8. The quantitative estimate of drug-likeness (QED) is 0.682. The van der Waals surface area contributed by atoms with Gasteiger partial charge in [0, 0.05) is 6.54 Å². The molecule has 1 aromatic rings. The first-order chi connectivity index (χ1) is 9.88. The lowest BCUT2D eigenvalue weighted by Gasteiger charge is -2.12. The first-order valence-electron chi connectivity index (χ1n) is 6.43. The van der Waals surface area contributed by atoms with Crippen molar-refractivity contribution in [3.8, 4) is 0 Å². The summed E-state index contributed by atoms with van der Waals surface area (Å²) in [4.78, 5) is 24.8. The summed E-state index contributed by atoms with van der Waals surface area (Å²) in [6, 6.07) is 6.01. The molecule has 1 heterocycles. The van der Waals surface area contributed by atoms with Crippen LogP contribution in [0.15, 0.2) is 23.1 Å². The Hall–Kier alpha value is -1.66. The van der Waals surface area contributed by atoms with Crippen molar-refractivity contribution in [3.05, 3.63) is 39.8 Å². The van der Waals surface area contributed by atoms with Gasteiger partial charge in [-0.3, -0.25) is 14.5 Å². The Bertz CT molecular complexity index is 652. The minimum Gasteiger partial charge on any atom is -0.481 e. The molecule has 1 amide bonds. The van der Waals surface area contributed by atoms with Crippen LogP contribution in [0.2, 0.25) is 0 Å². The molecule has 0 atom stereocenters. The Labute approximate surface area is 132 Å². The van der Waals surface area contributed by atoms with E-state index in [1.807, 2.05) is 32.1 Å². The molecule has 1 N–H and O–H groups in total. The van der Waals surface area contributed by atoms with E-state index in [1.54, 1.807) is 0 Å². The van der Waals surface area contributed by atoms with Crippen molar-refractivity contribution in [2.24, 2.45) is 0 Å². The lowest BCUT2D eigenvalue weighted by atomic mass is 10.1. The third kappa shape index (κ3) is 3.71. The maximum Gasteiger partial charge on any atom is 0.305 e. The number of carbonyl (C=O) groups excluding carboxylic acids is 1. The normalized spacial score (nSPS) is 16.9. The summed E-state index contributed by atoms with van der Waals surface area (Å²) >= 11 is 6.37. The van der Waals surface area contributed by atoms with Gasteiger partial charge in [0.05, 0.1) is 11.3 Å². The molecule has 1 aromatic carbocycles. The van der Waals surface area contributed by atoms with Gasteiger partial charge >= 0.3 is 5.97 Å². The number of aliphatic carboxylic acids is 1. The number of hydrogen-bond donors (Lipinski definition) is 1. The van der Waals surface area contributed by atoms with Crippen LogP contribution >= 0.6 is 24.0 Å². The van der Waals surface area contributed by atoms with Crippen LogP contribution in [0.1, 0.15) is 23.1 Å². The van der Waals surface area contributed by atoms with Gasteiger partial charge < -0.3 is 5.11 Å². The number of amides is 1. The average molecular weight is 321 g/mol. The zero-order valence-corrected chi connectivity index (χ0v) is 13.4. The van der Waals surface area contributed by atoms with Crippen molar-refractivity contribution in [1.82, 2.24) is 4.90 Å². The van der Waals surface area contributed by atoms with Crippen LogP contribution < -0.4 is 0 Å². The van der Waals surface area contributed by atoms with Crippen LogP contribution in [0.4, 0.5) is 0 Å². The summed E-state index contributed by atoms with van der Waals surface area (Å²) in [7, 11) is 0. The van der Waals surface area contributed by atoms with Crippen LogP contribution in [0.3, 0.4) is 0 Å². The molecule has 1 aliphatic heterocycles. The summed E-state index contributed by atoms with van der Waals surface area (Å²) in [6.07, 6.45) is 1.71. The van der Waals surface area contributed by atoms with E-state index >= 15 is 0 Å². The van der Waals surface area contributed by atoms with Gasteiger partial charge in [-0.2, -0.15) is 0 Å². The first-order valence-corrected chi connectivity index (χ1v) is 7.65. The minimum atomic E-state index is -0.942. The number of carboxylic acid groups (broad SMARTS) is 1.